The summed E-state index contributed by atoms with van der Waals surface area (Å²) in [4.78, 5) is 23.3. The number of aldehydes is 1. The Bertz CT molecular complexity index is 824. The van der Waals surface area contributed by atoms with E-state index < -0.39 is 0 Å². The Labute approximate surface area is 130 Å². The molecule has 1 amide bonds. The molecule has 0 bridgehead atoms. The second kappa shape index (κ2) is 5.90. The maximum absolute atomic E-state index is 11.2. The fourth-order valence-corrected chi connectivity index (χ4v) is 2.88. The molecule has 3 rings (SSSR count). The fraction of sp³-hybridized carbons (Fsp3) is 0.0667. The summed E-state index contributed by atoms with van der Waals surface area (Å²) in [6.45, 7) is 1.45. The molecule has 3 aromatic rings. The number of aromatic nitrogens is 3. The van der Waals surface area contributed by atoms with E-state index in [4.69, 9.17) is 0 Å². The van der Waals surface area contributed by atoms with Crippen molar-refractivity contribution in [3.63, 3.8) is 0 Å². The first-order valence-electron chi connectivity index (χ1n) is 6.52. The molecule has 0 atom stereocenters. The second-order valence-corrected chi connectivity index (χ2v) is 5.51. The number of rotatable bonds is 4. The number of hydrogen-bond donors (Lipinski definition) is 1. The topological polar surface area (TPSA) is 76.9 Å². The van der Waals surface area contributed by atoms with E-state index >= 15 is 0 Å². The van der Waals surface area contributed by atoms with Gasteiger partial charge in [-0.15, -0.1) is 16.4 Å². The van der Waals surface area contributed by atoms with Crippen molar-refractivity contribution in [2.75, 3.05) is 5.32 Å². The van der Waals surface area contributed by atoms with Gasteiger partial charge in [-0.25, -0.2) is 4.68 Å². The van der Waals surface area contributed by atoms with Crippen molar-refractivity contribution in [1.82, 2.24) is 15.0 Å². The SMILES string of the molecule is CC(=O)Nc1cccc(-n2nnc(C=O)c2-c2cccs2)c1. The summed E-state index contributed by atoms with van der Waals surface area (Å²) in [5.74, 6) is -0.150. The van der Waals surface area contributed by atoms with Crippen molar-refractivity contribution in [2.45, 2.75) is 6.92 Å². The largest absolute Gasteiger partial charge is 0.326 e. The van der Waals surface area contributed by atoms with Gasteiger partial charge in [-0.2, -0.15) is 0 Å². The summed E-state index contributed by atoms with van der Waals surface area (Å²) in [5.41, 5.74) is 2.30. The number of anilines is 1. The standard InChI is InChI=1S/C15H12N4O2S/c1-10(21)16-11-4-2-5-12(8-11)19-15(13(9-20)17-18-19)14-6-3-7-22-14/h2-9H,1H3,(H,16,21). The zero-order chi connectivity index (χ0) is 15.5. The van der Waals surface area contributed by atoms with Crippen molar-refractivity contribution in [2.24, 2.45) is 0 Å². The molecule has 0 spiro atoms. The number of nitrogens with one attached hydrogen (secondary N) is 1. The van der Waals surface area contributed by atoms with Crippen LogP contribution in [0.5, 0.6) is 0 Å². The maximum Gasteiger partial charge on any atom is 0.221 e. The zero-order valence-electron chi connectivity index (χ0n) is 11.7. The number of thiophene rings is 1. The highest BCUT2D eigenvalue weighted by atomic mass is 32.1. The normalized spacial score (nSPS) is 10.4. The molecule has 0 unspecified atom stereocenters. The van der Waals surface area contributed by atoms with Gasteiger partial charge in [0.1, 0.15) is 5.69 Å². The summed E-state index contributed by atoms with van der Waals surface area (Å²) in [6, 6.07) is 11.0. The van der Waals surface area contributed by atoms with E-state index in [-0.39, 0.29) is 11.6 Å². The lowest BCUT2D eigenvalue weighted by atomic mass is 10.2. The number of carbonyl (C=O) groups is 2. The maximum atomic E-state index is 11.2. The van der Waals surface area contributed by atoms with E-state index in [9.17, 15) is 9.59 Å². The first-order valence-corrected chi connectivity index (χ1v) is 7.40. The number of nitrogens with zero attached hydrogens (tertiary/aromatic N) is 3. The number of benzene rings is 1. The van der Waals surface area contributed by atoms with Crippen molar-refractivity contribution in [3.8, 4) is 16.3 Å². The lowest BCUT2D eigenvalue weighted by Crippen LogP contribution is -2.07. The number of amides is 1. The van der Waals surface area contributed by atoms with E-state index in [1.54, 1.807) is 22.9 Å². The Morgan fingerprint density at radius 1 is 1.32 bits per heavy atom. The second-order valence-electron chi connectivity index (χ2n) is 4.56. The lowest BCUT2D eigenvalue weighted by Gasteiger charge is -2.08. The minimum absolute atomic E-state index is 0.150. The smallest absolute Gasteiger partial charge is 0.221 e. The van der Waals surface area contributed by atoms with Crippen LogP contribution in [0.15, 0.2) is 41.8 Å². The van der Waals surface area contributed by atoms with Crippen LogP contribution in [0.25, 0.3) is 16.3 Å². The third-order valence-corrected chi connectivity index (χ3v) is 3.85. The molecule has 0 fully saturated rings. The van der Waals surface area contributed by atoms with E-state index in [0.29, 0.717) is 17.7 Å². The van der Waals surface area contributed by atoms with Crippen molar-refractivity contribution in [1.29, 1.82) is 0 Å². The molecule has 1 N–H and O–H groups in total. The van der Waals surface area contributed by atoms with E-state index in [0.717, 1.165) is 10.6 Å². The van der Waals surface area contributed by atoms with Gasteiger partial charge in [0.2, 0.25) is 5.91 Å². The summed E-state index contributed by atoms with van der Waals surface area (Å²) in [5, 5.41) is 12.6. The highest BCUT2D eigenvalue weighted by molar-refractivity contribution is 7.13. The molecule has 6 nitrogen and oxygen atoms in total. The molecule has 110 valence electrons. The average Bonchev–Trinajstić information content (AvgIpc) is 3.15. The van der Waals surface area contributed by atoms with Crippen molar-refractivity contribution in [3.05, 3.63) is 47.5 Å². The Kier molecular flexibility index (Phi) is 3.80. The van der Waals surface area contributed by atoms with Crippen LogP contribution in [-0.4, -0.2) is 27.2 Å². The van der Waals surface area contributed by atoms with Gasteiger partial charge in [-0.3, -0.25) is 9.59 Å². The molecule has 0 aliphatic carbocycles. The molecular weight excluding hydrogens is 300 g/mol. The Hall–Kier alpha value is -2.80. The Morgan fingerprint density at radius 3 is 2.86 bits per heavy atom. The predicted molar refractivity (Wildman–Crippen MR) is 84.4 cm³/mol. The molecule has 0 aliphatic heterocycles. The van der Waals surface area contributed by atoms with E-state index in [1.807, 2.05) is 23.6 Å². The van der Waals surface area contributed by atoms with Crippen LogP contribution in [0.4, 0.5) is 5.69 Å². The van der Waals surface area contributed by atoms with Crippen LogP contribution in [-0.2, 0) is 4.79 Å². The van der Waals surface area contributed by atoms with Crippen LogP contribution < -0.4 is 5.32 Å². The minimum atomic E-state index is -0.150. The lowest BCUT2D eigenvalue weighted by molar-refractivity contribution is -0.114. The van der Waals surface area contributed by atoms with Crippen LogP contribution in [0.3, 0.4) is 0 Å². The summed E-state index contributed by atoms with van der Waals surface area (Å²) in [6.07, 6.45) is 0.691. The van der Waals surface area contributed by atoms with Crippen LogP contribution in [0.1, 0.15) is 17.4 Å². The summed E-state index contributed by atoms with van der Waals surface area (Å²) >= 11 is 1.50. The third-order valence-electron chi connectivity index (χ3n) is 2.97. The third kappa shape index (κ3) is 2.66. The van der Waals surface area contributed by atoms with Gasteiger partial charge in [0, 0.05) is 12.6 Å². The van der Waals surface area contributed by atoms with Gasteiger partial charge in [0.25, 0.3) is 0 Å². The Morgan fingerprint density at radius 2 is 2.18 bits per heavy atom. The highest BCUT2D eigenvalue weighted by Gasteiger charge is 2.16. The molecule has 2 heterocycles. The minimum Gasteiger partial charge on any atom is -0.326 e. The van der Waals surface area contributed by atoms with Gasteiger partial charge in [0.05, 0.1) is 10.6 Å². The van der Waals surface area contributed by atoms with Crippen molar-refractivity contribution < 1.29 is 9.59 Å². The molecule has 0 saturated carbocycles. The fourth-order valence-electron chi connectivity index (χ4n) is 2.12. The quantitative estimate of drug-likeness (QED) is 0.752. The van der Waals surface area contributed by atoms with Gasteiger partial charge >= 0.3 is 0 Å². The predicted octanol–water partition coefficient (Wildman–Crippen LogP) is 2.77. The van der Waals surface area contributed by atoms with Gasteiger partial charge < -0.3 is 5.32 Å². The van der Waals surface area contributed by atoms with Crippen LogP contribution >= 0.6 is 11.3 Å². The molecule has 0 aliphatic rings. The summed E-state index contributed by atoms with van der Waals surface area (Å²) < 4.78 is 1.60. The monoisotopic (exact) mass is 312 g/mol. The van der Waals surface area contributed by atoms with Gasteiger partial charge in [0.15, 0.2) is 12.0 Å². The number of hydrogen-bond acceptors (Lipinski definition) is 5. The van der Waals surface area contributed by atoms with Crippen LogP contribution in [0, 0.1) is 0 Å². The van der Waals surface area contributed by atoms with Crippen molar-refractivity contribution >= 4 is 29.2 Å². The number of carbonyl (C=O) groups excluding carboxylic acids is 2. The zero-order valence-corrected chi connectivity index (χ0v) is 12.5. The first-order chi connectivity index (χ1) is 10.7. The van der Waals surface area contributed by atoms with Gasteiger partial charge in [-0.05, 0) is 29.6 Å². The summed E-state index contributed by atoms with van der Waals surface area (Å²) in [7, 11) is 0. The van der Waals surface area contributed by atoms with Gasteiger partial charge in [-0.1, -0.05) is 17.3 Å². The average molecular weight is 312 g/mol. The molecule has 7 heteroatoms. The molecular formula is C15H12N4O2S. The molecule has 2 aromatic heterocycles. The Balaban J connectivity index is 2.11. The van der Waals surface area contributed by atoms with Crippen LogP contribution in [0.2, 0.25) is 0 Å². The molecule has 1 aromatic carbocycles. The first kappa shape index (κ1) is 14.2. The molecule has 0 radical (unpaired) electrons. The molecule has 0 saturated heterocycles. The highest BCUT2D eigenvalue weighted by Crippen LogP contribution is 2.29. The van der Waals surface area contributed by atoms with E-state index in [1.165, 1.54) is 18.3 Å². The molecule has 22 heavy (non-hydrogen) atoms. The van der Waals surface area contributed by atoms with E-state index in [2.05, 4.69) is 15.6 Å².